The van der Waals surface area contributed by atoms with Gasteiger partial charge in [0, 0.05) is 0 Å². The number of carbonyl (C=O) groups excluding carboxylic acids is 2. The van der Waals surface area contributed by atoms with Crippen molar-refractivity contribution in [3.63, 3.8) is 0 Å². The predicted molar refractivity (Wildman–Crippen MR) is 68.9 cm³/mol. The van der Waals surface area contributed by atoms with E-state index in [2.05, 4.69) is 0 Å². The smallest absolute Gasteiger partial charge is 0.308 e. The van der Waals surface area contributed by atoms with Gasteiger partial charge in [0.1, 0.15) is 12.2 Å². The van der Waals surface area contributed by atoms with Gasteiger partial charge >= 0.3 is 11.9 Å². The van der Waals surface area contributed by atoms with Crippen molar-refractivity contribution in [3.8, 4) is 0 Å². The Balaban J connectivity index is 1.91. The van der Waals surface area contributed by atoms with Gasteiger partial charge in [-0.15, -0.1) is 0 Å². The van der Waals surface area contributed by atoms with Crippen molar-refractivity contribution in [1.29, 1.82) is 0 Å². The molecule has 4 atom stereocenters. The molecule has 114 valence electrons. The SMILES string of the molecule is CC(C)C(=O)OC1COC2C(OC(=O)C(C)C)COC12. The minimum Gasteiger partial charge on any atom is -0.457 e. The van der Waals surface area contributed by atoms with Crippen molar-refractivity contribution in [2.24, 2.45) is 11.8 Å². The zero-order valence-corrected chi connectivity index (χ0v) is 12.3. The van der Waals surface area contributed by atoms with Gasteiger partial charge in [-0.25, -0.2) is 0 Å². The summed E-state index contributed by atoms with van der Waals surface area (Å²) in [5.41, 5.74) is 0. The topological polar surface area (TPSA) is 71.1 Å². The molecule has 0 aliphatic carbocycles. The summed E-state index contributed by atoms with van der Waals surface area (Å²) in [7, 11) is 0. The van der Waals surface area contributed by atoms with E-state index in [0.29, 0.717) is 0 Å². The van der Waals surface area contributed by atoms with Gasteiger partial charge in [-0.2, -0.15) is 0 Å². The van der Waals surface area contributed by atoms with Gasteiger partial charge in [0.2, 0.25) is 0 Å². The first-order chi connectivity index (χ1) is 9.40. The summed E-state index contributed by atoms with van der Waals surface area (Å²) in [6, 6.07) is 0. The van der Waals surface area contributed by atoms with Gasteiger partial charge in [-0.3, -0.25) is 9.59 Å². The van der Waals surface area contributed by atoms with Gasteiger partial charge in [0.25, 0.3) is 0 Å². The zero-order valence-electron chi connectivity index (χ0n) is 12.3. The minimum absolute atomic E-state index is 0.190. The maximum atomic E-state index is 11.6. The lowest BCUT2D eigenvalue weighted by atomic mass is 10.1. The molecule has 2 rings (SSSR count). The van der Waals surface area contributed by atoms with Gasteiger partial charge in [0.15, 0.2) is 12.2 Å². The number of hydrogen-bond donors (Lipinski definition) is 0. The van der Waals surface area contributed by atoms with E-state index >= 15 is 0 Å². The Kier molecular flexibility index (Phi) is 4.65. The zero-order chi connectivity index (χ0) is 14.9. The normalized spacial score (nSPS) is 32.5. The van der Waals surface area contributed by atoms with Gasteiger partial charge in [0.05, 0.1) is 25.0 Å². The Morgan fingerprint density at radius 2 is 1.20 bits per heavy atom. The van der Waals surface area contributed by atoms with Gasteiger partial charge in [-0.05, 0) is 0 Å². The minimum atomic E-state index is -0.419. The molecule has 2 fully saturated rings. The molecule has 0 amide bonds. The lowest BCUT2D eigenvalue weighted by Gasteiger charge is -2.18. The summed E-state index contributed by atoms with van der Waals surface area (Å²) in [6.45, 7) is 7.67. The van der Waals surface area contributed by atoms with Crippen LogP contribution in [0, 0.1) is 11.8 Å². The Hall–Kier alpha value is -1.14. The highest BCUT2D eigenvalue weighted by atomic mass is 16.7. The number of rotatable bonds is 4. The van der Waals surface area contributed by atoms with Crippen LogP contribution in [0.5, 0.6) is 0 Å². The van der Waals surface area contributed by atoms with Crippen LogP contribution < -0.4 is 0 Å². The fourth-order valence-corrected chi connectivity index (χ4v) is 2.20. The van der Waals surface area contributed by atoms with E-state index in [0.717, 1.165) is 0 Å². The van der Waals surface area contributed by atoms with Crippen LogP contribution in [0.1, 0.15) is 27.7 Å². The number of fused-ring (bicyclic) bond motifs is 1. The number of esters is 2. The summed E-state index contributed by atoms with van der Waals surface area (Å²) in [4.78, 5) is 23.2. The first-order valence-corrected chi connectivity index (χ1v) is 7.04. The summed E-state index contributed by atoms with van der Waals surface area (Å²) < 4.78 is 21.9. The third kappa shape index (κ3) is 3.12. The summed E-state index contributed by atoms with van der Waals surface area (Å²) in [6.07, 6.45) is -1.53. The summed E-state index contributed by atoms with van der Waals surface area (Å²) in [5, 5.41) is 0. The van der Waals surface area contributed by atoms with Crippen LogP contribution in [0.25, 0.3) is 0 Å². The van der Waals surface area contributed by atoms with E-state index in [1.165, 1.54) is 0 Å². The fraction of sp³-hybridized carbons (Fsp3) is 0.857. The van der Waals surface area contributed by atoms with E-state index < -0.39 is 12.2 Å². The molecule has 0 spiro atoms. The second-order valence-electron chi connectivity index (χ2n) is 5.86. The molecule has 0 bridgehead atoms. The van der Waals surface area contributed by atoms with Crippen LogP contribution in [0.2, 0.25) is 0 Å². The highest BCUT2D eigenvalue weighted by Crippen LogP contribution is 2.31. The number of carbonyl (C=O) groups is 2. The van der Waals surface area contributed by atoms with Crippen LogP contribution in [0.4, 0.5) is 0 Å². The Morgan fingerprint density at radius 3 is 1.50 bits per heavy atom. The molecular formula is C14H22O6. The molecule has 4 unspecified atom stereocenters. The Bertz CT molecular complexity index is 342. The molecule has 0 aromatic rings. The molecule has 20 heavy (non-hydrogen) atoms. The van der Waals surface area contributed by atoms with Crippen LogP contribution in [0.15, 0.2) is 0 Å². The Morgan fingerprint density at radius 1 is 0.850 bits per heavy atom. The molecular weight excluding hydrogens is 264 g/mol. The lowest BCUT2D eigenvalue weighted by Crippen LogP contribution is -2.37. The Labute approximate surface area is 118 Å². The molecule has 0 radical (unpaired) electrons. The molecule has 6 nitrogen and oxygen atoms in total. The lowest BCUT2D eigenvalue weighted by molar-refractivity contribution is -0.159. The van der Waals surface area contributed by atoms with Crippen LogP contribution >= 0.6 is 0 Å². The van der Waals surface area contributed by atoms with Crippen LogP contribution in [-0.2, 0) is 28.5 Å². The molecule has 0 aromatic heterocycles. The van der Waals surface area contributed by atoms with Crippen molar-refractivity contribution in [3.05, 3.63) is 0 Å². The summed E-state index contributed by atoms with van der Waals surface area (Å²) in [5.74, 6) is -0.925. The van der Waals surface area contributed by atoms with Crippen molar-refractivity contribution in [2.75, 3.05) is 13.2 Å². The monoisotopic (exact) mass is 286 g/mol. The van der Waals surface area contributed by atoms with E-state index in [-0.39, 0.29) is 49.2 Å². The molecule has 0 saturated carbocycles. The van der Waals surface area contributed by atoms with E-state index in [9.17, 15) is 9.59 Å². The average molecular weight is 286 g/mol. The number of hydrogen-bond acceptors (Lipinski definition) is 6. The van der Waals surface area contributed by atoms with Crippen molar-refractivity contribution in [1.82, 2.24) is 0 Å². The van der Waals surface area contributed by atoms with Crippen molar-refractivity contribution in [2.45, 2.75) is 52.1 Å². The maximum Gasteiger partial charge on any atom is 0.308 e. The molecule has 2 aliphatic rings. The highest BCUT2D eigenvalue weighted by Gasteiger charge is 2.51. The molecule has 0 aromatic carbocycles. The number of ether oxygens (including phenoxy) is 4. The first-order valence-electron chi connectivity index (χ1n) is 7.04. The maximum absolute atomic E-state index is 11.6. The standard InChI is InChI=1S/C14H22O6/c1-7(2)13(15)19-9-5-17-12-10(6-18-11(9)12)20-14(16)8(3)4/h7-12H,5-6H2,1-4H3. The molecule has 6 heteroatoms. The van der Waals surface area contributed by atoms with Gasteiger partial charge < -0.3 is 18.9 Å². The quantitative estimate of drug-likeness (QED) is 0.716. The van der Waals surface area contributed by atoms with Crippen LogP contribution in [0.3, 0.4) is 0 Å². The molecule has 2 aliphatic heterocycles. The fourth-order valence-electron chi connectivity index (χ4n) is 2.20. The van der Waals surface area contributed by atoms with E-state index in [1.54, 1.807) is 27.7 Å². The third-order valence-electron chi connectivity index (χ3n) is 3.44. The molecule has 2 saturated heterocycles. The summed E-state index contributed by atoms with van der Waals surface area (Å²) >= 11 is 0. The second kappa shape index (κ2) is 6.10. The molecule has 0 N–H and O–H groups in total. The van der Waals surface area contributed by atoms with Gasteiger partial charge in [-0.1, -0.05) is 27.7 Å². The molecule has 2 heterocycles. The average Bonchev–Trinajstić information content (AvgIpc) is 2.93. The first kappa shape index (κ1) is 15.3. The van der Waals surface area contributed by atoms with E-state index in [4.69, 9.17) is 18.9 Å². The third-order valence-corrected chi connectivity index (χ3v) is 3.44. The largest absolute Gasteiger partial charge is 0.457 e. The predicted octanol–water partition coefficient (Wildman–Crippen LogP) is 0.920. The second-order valence-corrected chi connectivity index (χ2v) is 5.86. The van der Waals surface area contributed by atoms with E-state index in [1.807, 2.05) is 0 Å². The van der Waals surface area contributed by atoms with Crippen LogP contribution in [-0.4, -0.2) is 49.6 Å². The highest BCUT2D eigenvalue weighted by molar-refractivity contribution is 5.72. The van der Waals surface area contributed by atoms with Crippen molar-refractivity contribution >= 4 is 11.9 Å². The van der Waals surface area contributed by atoms with Crippen molar-refractivity contribution < 1.29 is 28.5 Å².